The second kappa shape index (κ2) is 4.75. The molecule has 1 fully saturated rings. The molecule has 20 heavy (non-hydrogen) atoms. The zero-order chi connectivity index (χ0) is 14.2. The van der Waals surface area contributed by atoms with Crippen molar-refractivity contribution in [2.75, 3.05) is 0 Å². The zero-order valence-electron chi connectivity index (χ0n) is 11.5. The van der Waals surface area contributed by atoms with Crippen molar-refractivity contribution in [3.05, 3.63) is 53.9 Å². The van der Waals surface area contributed by atoms with Crippen molar-refractivity contribution in [1.29, 1.82) is 0 Å². The second-order valence-electron chi connectivity index (χ2n) is 5.61. The van der Waals surface area contributed by atoms with Crippen molar-refractivity contribution in [2.24, 2.45) is 5.41 Å². The monoisotopic (exact) mass is 267 g/mol. The van der Waals surface area contributed by atoms with E-state index in [0.717, 1.165) is 35.2 Å². The summed E-state index contributed by atoms with van der Waals surface area (Å²) in [5.41, 5.74) is 3.77. The lowest BCUT2D eigenvalue weighted by Gasteiger charge is -2.14. The largest absolute Gasteiger partial charge is 0.481 e. The van der Waals surface area contributed by atoms with Gasteiger partial charge in [0.2, 0.25) is 0 Å². The van der Waals surface area contributed by atoms with Gasteiger partial charge < -0.3 is 5.11 Å². The van der Waals surface area contributed by atoms with Gasteiger partial charge in [-0.2, -0.15) is 0 Å². The van der Waals surface area contributed by atoms with Gasteiger partial charge in [0.25, 0.3) is 0 Å². The lowest BCUT2D eigenvalue weighted by Crippen LogP contribution is -2.17. The molecule has 1 aliphatic rings. The van der Waals surface area contributed by atoms with Crippen LogP contribution in [0.4, 0.5) is 0 Å². The van der Waals surface area contributed by atoms with E-state index in [4.69, 9.17) is 0 Å². The van der Waals surface area contributed by atoms with Crippen molar-refractivity contribution >= 4 is 5.97 Å². The Morgan fingerprint density at radius 1 is 1.30 bits per heavy atom. The van der Waals surface area contributed by atoms with E-state index >= 15 is 0 Å². The van der Waals surface area contributed by atoms with Gasteiger partial charge in [0, 0.05) is 11.9 Å². The molecule has 0 unspecified atom stereocenters. The molecule has 1 saturated carbocycles. The van der Waals surface area contributed by atoms with Crippen LogP contribution >= 0.6 is 0 Å². The molecule has 3 rings (SSSR count). The van der Waals surface area contributed by atoms with E-state index < -0.39 is 11.4 Å². The van der Waals surface area contributed by atoms with Crippen LogP contribution in [0.25, 0.3) is 11.1 Å². The molecule has 0 spiro atoms. The van der Waals surface area contributed by atoms with E-state index in [0.29, 0.717) is 6.42 Å². The molecular formula is C17H17NO2. The Kier molecular flexibility index (Phi) is 3.05. The predicted molar refractivity (Wildman–Crippen MR) is 77.4 cm³/mol. The highest BCUT2D eigenvalue weighted by molar-refractivity contribution is 5.79. The number of carboxylic acid groups (broad SMARTS) is 1. The predicted octanol–water partition coefficient (Wildman–Crippen LogP) is 3.46. The Balaban J connectivity index is 1.99. The van der Waals surface area contributed by atoms with Crippen LogP contribution in [0.3, 0.4) is 0 Å². The second-order valence-corrected chi connectivity index (χ2v) is 5.61. The number of aliphatic carboxylic acids is 1. The summed E-state index contributed by atoms with van der Waals surface area (Å²) in [6, 6.07) is 12.1. The van der Waals surface area contributed by atoms with E-state index in [1.165, 1.54) is 0 Å². The van der Waals surface area contributed by atoms with Crippen LogP contribution in [0.5, 0.6) is 0 Å². The van der Waals surface area contributed by atoms with Gasteiger partial charge >= 0.3 is 5.97 Å². The summed E-state index contributed by atoms with van der Waals surface area (Å²) in [5.74, 6) is -0.668. The van der Waals surface area contributed by atoms with Gasteiger partial charge in [-0.1, -0.05) is 24.3 Å². The topological polar surface area (TPSA) is 50.2 Å². The fourth-order valence-electron chi connectivity index (χ4n) is 2.65. The number of nitrogens with zero attached hydrogens (tertiary/aromatic N) is 1. The fraction of sp³-hybridized carbons (Fsp3) is 0.294. The third-order valence-corrected chi connectivity index (χ3v) is 4.06. The molecule has 3 heteroatoms. The molecule has 0 aliphatic heterocycles. The number of hydrogen-bond acceptors (Lipinski definition) is 2. The summed E-state index contributed by atoms with van der Waals surface area (Å²) in [7, 11) is 0. The number of pyridine rings is 1. The Morgan fingerprint density at radius 3 is 2.70 bits per heavy atom. The van der Waals surface area contributed by atoms with Crippen molar-refractivity contribution in [3.63, 3.8) is 0 Å². The van der Waals surface area contributed by atoms with Gasteiger partial charge in [-0.05, 0) is 55.0 Å². The molecular weight excluding hydrogens is 250 g/mol. The molecule has 0 saturated heterocycles. The number of carboxylic acids is 1. The molecule has 102 valence electrons. The first-order valence-electron chi connectivity index (χ1n) is 6.85. The summed E-state index contributed by atoms with van der Waals surface area (Å²) in [5, 5.41) is 9.36. The molecule has 0 atom stereocenters. The Morgan fingerprint density at radius 2 is 2.05 bits per heavy atom. The number of rotatable bonds is 4. The molecule has 2 aromatic rings. The molecule has 1 N–H and O–H groups in total. The van der Waals surface area contributed by atoms with Crippen LogP contribution < -0.4 is 0 Å². The molecule has 1 aromatic heterocycles. The Bertz CT molecular complexity index is 660. The molecule has 1 aromatic carbocycles. The van der Waals surface area contributed by atoms with Crippen LogP contribution in [0.15, 0.2) is 42.6 Å². The zero-order valence-corrected chi connectivity index (χ0v) is 11.5. The van der Waals surface area contributed by atoms with Gasteiger partial charge in [0.15, 0.2) is 0 Å². The lowest BCUT2D eigenvalue weighted by molar-refractivity contribution is -0.143. The summed E-state index contributed by atoms with van der Waals surface area (Å²) < 4.78 is 0. The first-order chi connectivity index (χ1) is 9.61. The van der Waals surface area contributed by atoms with Gasteiger partial charge in [-0.3, -0.25) is 9.78 Å². The van der Waals surface area contributed by atoms with Gasteiger partial charge in [-0.15, -0.1) is 0 Å². The van der Waals surface area contributed by atoms with Crippen LogP contribution in [-0.4, -0.2) is 16.1 Å². The standard InChI is InChI=1S/C17H17NO2/c1-12-10-13(6-9-18-12)15-5-3-2-4-14(15)11-17(7-8-17)16(19)20/h2-6,9-10H,7-8,11H2,1H3,(H,19,20). The number of benzene rings is 1. The smallest absolute Gasteiger partial charge is 0.309 e. The van der Waals surface area contributed by atoms with Gasteiger partial charge in [-0.25, -0.2) is 0 Å². The van der Waals surface area contributed by atoms with Crippen molar-refractivity contribution in [1.82, 2.24) is 4.98 Å². The average Bonchev–Trinajstić information content (AvgIpc) is 3.20. The van der Waals surface area contributed by atoms with Crippen molar-refractivity contribution in [3.8, 4) is 11.1 Å². The maximum Gasteiger partial charge on any atom is 0.309 e. The van der Waals surface area contributed by atoms with E-state index in [-0.39, 0.29) is 0 Å². The van der Waals surface area contributed by atoms with Crippen molar-refractivity contribution < 1.29 is 9.90 Å². The first kappa shape index (κ1) is 12.9. The minimum absolute atomic E-state index is 0.530. The molecule has 0 radical (unpaired) electrons. The van der Waals surface area contributed by atoms with Crippen LogP contribution in [-0.2, 0) is 11.2 Å². The number of hydrogen-bond donors (Lipinski definition) is 1. The van der Waals surface area contributed by atoms with Crippen LogP contribution in [0, 0.1) is 12.3 Å². The third kappa shape index (κ3) is 2.31. The normalized spacial score (nSPS) is 15.8. The van der Waals surface area contributed by atoms with Gasteiger partial charge in [0.05, 0.1) is 5.41 Å². The quantitative estimate of drug-likeness (QED) is 0.922. The van der Waals surface area contributed by atoms with Crippen LogP contribution in [0.1, 0.15) is 24.1 Å². The summed E-state index contributed by atoms with van der Waals surface area (Å²) in [4.78, 5) is 15.6. The number of aryl methyl sites for hydroxylation is 1. The highest BCUT2D eigenvalue weighted by Crippen LogP contribution is 2.49. The maximum absolute atomic E-state index is 11.4. The number of aromatic nitrogens is 1. The summed E-state index contributed by atoms with van der Waals surface area (Å²) >= 11 is 0. The Hall–Kier alpha value is -2.16. The lowest BCUT2D eigenvalue weighted by atomic mass is 9.90. The molecule has 1 heterocycles. The van der Waals surface area contributed by atoms with E-state index in [1.54, 1.807) is 6.20 Å². The van der Waals surface area contributed by atoms with Gasteiger partial charge in [0.1, 0.15) is 0 Å². The molecule has 0 bridgehead atoms. The maximum atomic E-state index is 11.4. The third-order valence-electron chi connectivity index (χ3n) is 4.06. The van der Waals surface area contributed by atoms with Crippen LogP contribution in [0.2, 0.25) is 0 Å². The summed E-state index contributed by atoms with van der Waals surface area (Å²) in [6.07, 6.45) is 3.98. The van der Waals surface area contributed by atoms with E-state index in [1.807, 2.05) is 37.3 Å². The number of carbonyl (C=O) groups is 1. The molecule has 1 aliphatic carbocycles. The highest BCUT2D eigenvalue weighted by Gasteiger charge is 2.50. The van der Waals surface area contributed by atoms with Crippen molar-refractivity contribution in [2.45, 2.75) is 26.2 Å². The Labute approximate surface area is 118 Å². The SMILES string of the molecule is Cc1cc(-c2ccccc2CC2(C(=O)O)CC2)ccn1. The minimum atomic E-state index is -0.668. The highest BCUT2D eigenvalue weighted by atomic mass is 16.4. The molecule has 0 amide bonds. The first-order valence-corrected chi connectivity index (χ1v) is 6.85. The van der Waals surface area contributed by atoms with E-state index in [9.17, 15) is 9.90 Å². The summed E-state index contributed by atoms with van der Waals surface area (Å²) in [6.45, 7) is 1.96. The molecule has 3 nitrogen and oxygen atoms in total. The minimum Gasteiger partial charge on any atom is -0.481 e. The average molecular weight is 267 g/mol. The van der Waals surface area contributed by atoms with E-state index in [2.05, 4.69) is 11.1 Å². The fourth-order valence-corrected chi connectivity index (χ4v) is 2.65.